The number of hydrogen-bond acceptors (Lipinski definition) is 3. The van der Waals surface area contributed by atoms with Gasteiger partial charge in [-0.1, -0.05) is 0 Å². The molecule has 0 radical (unpaired) electrons. The Morgan fingerprint density at radius 2 is 2.42 bits per heavy atom. The molecule has 0 aliphatic heterocycles. The number of fused-ring (bicyclic) bond motifs is 1. The van der Waals surface area contributed by atoms with Crippen molar-refractivity contribution in [3.05, 3.63) is 33.0 Å². The molecule has 0 saturated heterocycles. The number of carbonyl (C=O) groups is 1. The van der Waals surface area contributed by atoms with Gasteiger partial charge in [0.1, 0.15) is 5.69 Å². The fraction of sp³-hybridized carbons (Fsp3) is 0.385. The fourth-order valence-electron chi connectivity index (χ4n) is 2.33. The molecule has 0 bridgehead atoms. The fourth-order valence-corrected chi connectivity index (χ4v) is 3.84. The Kier molecular flexibility index (Phi) is 3.45. The zero-order valence-corrected chi connectivity index (χ0v) is 13.0. The van der Waals surface area contributed by atoms with E-state index in [4.69, 9.17) is 0 Å². The highest BCUT2D eigenvalue weighted by Gasteiger charge is 2.19. The van der Waals surface area contributed by atoms with Crippen molar-refractivity contribution in [2.45, 2.75) is 32.7 Å². The van der Waals surface area contributed by atoms with Crippen LogP contribution < -0.4 is 5.32 Å². The van der Waals surface area contributed by atoms with Crippen LogP contribution in [0.4, 0.5) is 5.13 Å². The van der Waals surface area contributed by atoms with E-state index < -0.39 is 0 Å². The lowest BCUT2D eigenvalue weighted by atomic mass is 10.4. The van der Waals surface area contributed by atoms with E-state index in [1.165, 1.54) is 11.3 Å². The summed E-state index contributed by atoms with van der Waals surface area (Å²) in [6.45, 7) is 2.78. The van der Waals surface area contributed by atoms with Crippen molar-refractivity contribution in [1.82, 2.24) is 9.55 Å². The number of nitrogens with zero attached hydrogens (tertiary/aromatic N) is 2. The van der Waals surface area contributed by atoms with Gasteiger partial charge in [-0.15, -0.1) is 11.3 Å². The Bertz CT molecular complexity index is 610. The highest BCUT2D eigenvalue weighted by atomic mass is 79.9. The molecule has 19 heavy (non-hydrogen) atoms. The Balaban J connectivity index is 1.80. The van der Waals surface area contributed by atoms with E-state index in [1.54, 1.807) is 11.3 Å². The molecule has 3 rings (SSSR count). The molecule has 0 atom stereocenters. The summed E-state index contributed by atoms with van der Waals surface area (Å²) in [7, 11) is 0. The number of aromatic nitrogens is 2. The predicted octanol–water partition coefficient (Wildman–Crippen LogP) is 3.47. The molecular weight excluding hydrogens is 326 g/mol. The minimum Gasteiger partial charge on any atom is -0.343 e. The summed E-state index contributed by atoms with van der Waals surface area (Å²) in [6.07, 6.45) is 5.24. The first-order chi connectivity index (χ1) is 9.17. The largest absolute Gasteiger partial charge is 0.343 e. The van der Waals surface area contributed by atoms with Gasteiger partial charge in [-0.25, -0.2) is 4.98 Å². The molecular formula is C13H14BrN3OS. The van der Waals surface area contributed by atoms with Crippen LogP contribution in [0.3, 0.4) is 0 Å². The zero-order valence-electron chi connectivity index (χ0n) is 10.6. The molecule has 2 aromatic heterocycles. The predicted molar refractivity (Wildman–Crippen MR) is 79.9 cm³/mol. The number of rotatable bonds is 3. The van der Waals surface area contributed by atoms with Crippen LogP contribution in [0.15, 0.2) is 16.7 Å². The molecule has 0 saturated carbocycles. The van der Waals surface area contributed by atoms with E-state index in [-0.39, 0.29) is 5.91 Å². The van der Waals surface area contributed by atoms with Gasteiger partial charge in [0.05, 0.1) is 5.69 Å². The van der Waals surface area contributed by atoms with Crippen LogP contribution >= 0.6 is 27.3 Å². The summed E-state index contributed by atoms with van der Waals surface area (Å²) < 4.78 is 2.84. The number of halogens is 1. The minimum atomic E-state index is -0.0972. The van der Waals surface area contributed by atoms with Gasteiger partial charge in [0.2, 0.25) is 0 Å². The third-order valence-electron chi connectivity index (χ3n) is 3.25. The number of carbonyl (C=O) groups excluding carboxylic acids is 1. The van der Waals surface area contributed by atoms with E-state index in [9.17, 15) is 4.79 Å². The summed E-state index contributed by atoms with van der Waals surface area (Å²) in [5.74, 6) is -0.0972. The minimum absolute atomic E-state index is 0.0972. The molecule has 0 aromatic carbocycles. The van der Waals surface area contributed by atoms with Crippen LogP contribution in [0.2, 0.25) is 0 Å². The molecule has 4 nitrogen and oxygen atoms in total. The number of nitrogens with one attached hydrogen (secondary N) is 1. The van der Waals surface area contributed by atoms with E-state index in [2.05, 4.69) is 26.2 Å². The molecule has 2 heterocycles. The van der Waals surface area contributed by atoms with Gasteiger partial charge >= 0.3 is 0 Å². The molecule has 1 N–H and O–H groups in total. The number of amides is 1. The molecule has 0 fully saturated rings. The van der Waals surface area contributed by atoms with Gasteiger partial charge in [-0.3, -0.25) is 10.1 Å². The average molecular weight is 340 g/mol. The van der Waals surface area contributed by atoms with E-state index in [1.807, 2.05) is 23.8 Å². The smallest absolute Gasteiger partial charge is 0.274 e. The lowest BCUT2D eigenvalue weighted by molar-refractivity contribution is 0.101. The van der Waals surface area contributed by atoms with Gasteiger partial charge in [0, 0.05) is 22.1 Å². The summed E-state index contributed by atoms with van der Waals surface area (Å²) >= 11 is 5.00. The number of thiazole rings is 1. The van der Waals surface area contributed by atoms with Crippen molar-refractivity contribution in [3.63, 3.8) is 0 Å². The Morgan fingerprint density at radius 3 is 3.16 bits per heavy atom. The van der Waals surface area contributed by atoms with Crippen LogP contribution in [-0.4, -0.2) is 15.5 Å². The average Bonchev–Trinajstić information content (AvgIpc) is 3.02. The Hall–Kier alpha value is -1.14. The lowest BCUT2D eigenvalue weighted by Gasteiger charge is -2.05. The van der Waals surface area contributed by atoms with Gasteiger partial charge in [0.15, 0.2) is 5.13 Å². The van der Waals surface area contributed by atoms with Crippen LogP contribution in [-0.2, 0) is 19.4 Å². The lowest BCUT2D eigenvalue weighted by Crippen LogP contribution is -2.16. The van der Waals surface area contributed by atoms with Crippen molar-refractivity contribution >= 4 is 38.3 Å². The molecule has 1 amide bonds. The molecule has 1 aliphatic rings. The zero-order chi connectivity index (χ0) is 13.4. The second-order valence-corrected chi connectivity index (χ2v) is 6.53. The number of hydrogen-bond donors (Lipinski definition) is 1. The van der Waals surface area contributed by atoms with Gasteiger partial charge < -0.3 is 4.57 Å². The van der Waals surface area contributed by atoms with Crippen molar-refractivity contribution in [1.29, 1.82) is 0 Å². The second-order valence-electron chi connectivity index (χ2n) is 4.53. The summed E-state index contributed by atoms with van der Waals surface area (Å²) in [5, 5.41) is 3.62. The normalized spacial score (nSPS) is 13.6. The van der Waals surface area contributed by atoms with Crippen molar-refractivity contribution in [2.75, 3.05) is 5.32 Å². The number of aryl methyl sites for hydroxylation is 3. The van der Waals surface area contributed by atoms with Crippen molar-refractivity contribution in [3.8, 4) is 0 Å². The van der Waals surface area contributed by atoms with Crippen LogP contribution in [0.25, 0.3) is 0 Å². The maximum atomic E-state index is 12.2. The first kappa shape index (κ1) is 12.9. The van der Waals surface area contributed by atoms with Crippen molar-refractivity contribution < 1.29 is 4.79 Å². The van der Waals surface area contributed by atoms with E-state index in [0.29, 0.717) is 5.69 Å². The molecule has 0 spiro atoms. The molecule has 1 aliphatic carbocycles. The van der Waals surface area contributed by atoms with Crippen molar-refractivity contribution in [2.24, 2.45) is 0 Å². The first-order valence-corrected chi connectivity index (χ1v) is 7.94. The first-order valence-electron chi connectivity index (χ1n) is 6.33. The van der Waals surface area contributed by atoms with Gasteiger partial charge in [-0.05, 0) is 48.2 Å². The van der Waals surface area contributed by atoms with Crippen LogP contribution in [0.5, 0.6) is 0 Å². The monoisotopic (exact) mass is 339 g/mol. The molecule has 6 heteroatoms. The molecule has 2 aromatic rings. The third-order valence-corrected chi connectivity index (χ3v) is 4.76. The summed E-state index contributed by atoms with van der Waals surface area (Å²) in [5.41, 5.74) is 1.82. The van der Waals surface area contributed by atoms with Crippen LogP contribution in [0, 0.1) is 0 Å². The Morgan fingerprint density at radius 1 is 1.58 bits per heavy atom. The van der Waals surface area contributed by atoms with E-state index >= 15 is 0 Å². The Labute approximate surface area is 124 Å². The third kappa shape index (κ3) is 2.47. The quantitative estimate of drug-likeness (QED) is 0.930. The summed E-state index contributed by atoms with van der Waals surface area (Å²) in [4.78, 5) is 18.1. The second kappa shape index (κ2) is 5.09. The standard InChI is InChI=1S/C13H14BrN3OS/c1-2-17-7-8(14)6-10(17)12(18)16-13-15-9-4-3-5-11(9)19-13/h6-7H,2-5H2,1H3,(H,15,16,18). The highest BCUT2D eigenvalue weighted by Crippen LogP contribution is 2.30. The van der Waals surface area contributed by atoms with Gasteiger partial charge in [-0.2, -0.15) is 0 Å². The molecule has 0 unspecified atom stereocenters. The van der Waals surface area contributed by atoms with Gasteiger partial charge in [0.25, 0.3) is 5.91 Å². The summed E-state index contributed by atoms with van der Waals surface area (Å²) in [6, 6.07) is 1.83. The van der Waals surface area contributed by atoms with E-state index in [0.717, 1.165) is 34.7 Å². The maximum absolute atomic E-state index is 12.2. The topological polar surface area (TPSA) is 46.9 Å². The number of anilines is 1. The van der Waals surface area contributed by atoms with Crippen LogP contribution in [0.1, 0.15) is 34.4 Å². The highest BCUT2D eigenvalue weighted by molar-refractivity contribution is 9.10. The SMILES string of the molecule is CCn1cc(Br)cc1C(=O)Nc1nc2c(s1)CCC2. The molecule has 100 valence electrons. The maximum Gasteiger partial charge on any atom is 0.274 e.